The summed E-state index contributed by atoms with van der Waals surface area (Å²) in [7, 11) is 0. The van der Waals surface area contributed by atoms with Gasteiger partial charge in [-0.05, 0) is 5.56 Å². The van der Waals surface area contributed by atoms with Crippen molar-refractivity contribution in [2.45, 2.75) is 6.54 Å². The second-order valence-electron chi connectivity index (χ2n) is 3.15. The third kappa shape index (κ3) is 5.11. The van der Waals surface area contributed by atoms with Gasteiger partial charge in [-0.25, -0.2) is 4.79 Å². The summed E-state index contributed by atoms with van der Waals surface area (Å²) in [6, 6.07) is 9.42. The minimum atomic E-state index is -1.09. The maximum atomic E-state index is 11.2. The highest BCUT2D eigenvalue weighted by Crippen LogP contribution is 1.96. The van der Waals surface area contributed by atoms with Crippen LogP contribution in [0, 0.1) is 0 Å². The lowest BCUT2D eigenvalue weighted by molar-refractivity contribution is -0.143. The number of rotatable bonds is 6. The first-order valence-corrected chi connectivity index (χ1v) is 4.78. The van der Waals surface area contributed by atoms with Crippen LogP contribution in [-0.4, -0.2) is 30.2 Å². The Labute approximate surface area is 93.0 Å². The number of benzene rings is 1. The average Bonchev–Trinajstić information content (AvgIpc) is 2.27. The van der Waals surface area contributed by atoms with Gasteiger partial charge in [-0.2, -0.15) is 0 Å². The molecular weight excluding hydrogens is 210 g/mol. The predicted molar refractivity (Wildman–Crippen MR) is 56.7 cm³/mol. The number of ether oxygens (including phenoxy) is 1. The van der Waals surface area contributed by atoms with E-state index in [1.165, 1.54) is 0 Å². The number of hydrogen-bond acceptors (Lipinski definition) is 3. The van der Waals surface area contributed by atoms with E-state index < -0.39 is 12.6 Å². The molecule has 0 aliphatic rings. The van der Waals surface area contributed by atoms with E-state index in [9.17, 15) is 9.59 Å². The zero-order valence-electron chi connectivity index (χ0n) is 8.68. The molecule has 1 aromatic carbocycles. The molecule has 0 spiro atoms. The van der Waals surface area contributed by atoms with Crippen molar-refractivity contribution in [3.05, 3.63) is 35.9 Å². The van der Waals surface area contributed by atoms with E-state index in [1.54, 1.807) is 0 Å². The summed E-state index contributed by atoms with van der Waals surface area (Å²) in [5.41, 5.74) is 0.981. The lowest BCUT2D eigenvalue weighted by Crippen LogP contribution is -2.28. The molecule has 0 fully saturated rings. The maximum absolute atomic E-state index is 11.2. The van der Waals surface area contributed by atoms with Crippen LogP contribution >= 0.6 is 0 Å². The van der Waals surface area contributed by atoms with Crippen LogP contribution in [0.4, 0.5) is 0 Å². The molecule has 5 heteroatoms. The Hall–Kier alpha value is -1.88. The Balaban J connectivity index is 2.18. The summed E-state index contributed by atoms with van der Waals surface area (Å²) in [6.45, 7) is -0.284. The maximum Gasteiger partial charge on any atom is 0.329 e. The molecule has 0 aromatic heterocycles. The van der Waals surface area contributed by atoms with Gasteiger partial charge in [0.2, 0.25) is 5.91 Å². The van der Waals surface area contributed by atoms with E-state index >= 15 is 0 Å². The van der Waals surface area contributed by atoms with Gasteiger partial charge in [-0.3, -0.25) is 4.79 Å². The van der Waals surface area contributed by atoms with Crippen LogP contribution < -0.4 is 5.32 Å². The van der Waals surface area contributed by atoms with Gasteiger partial charge in [0.15, 0.2) is 0 Å². The highest BCUT2D eigenvalue weighted by molar-refractivity contribution is 5.77. The van der Waals surface area contributed by atoms with Gasteiger partial charge in [0.1, 0.15) is 13.2 Å². The molecule has 16 heavy (non-hydrogen) atoms. The zero-order valence-corrected chi connectivity index (χ0v) is 8.68. The second kappa shape index (κ2) is 6.58. The molecule has 1 amide bonds. The number of amides is 1. The molecule has 0 aliphatic carbocycles. The SMILES string of the molecule is O=C(O)COCC(=O)NCc1ccccc1. The van der Waals surface area contributed by atoms with Gasteiger partial charge in [-0.15, -0.1) is 0 Å². The Kier molecular flexibility index (Phi) is 5.01. The first-order valence-electron chi connectivity index (χ1n) is 4.78. The standard InChI is InChI=1S/C11H13NO4/c13-10(7-16-8-11(14)15)12-6-9-4-2-1-3-5-9/h1-5H,6-8H2,(H,12,13)(H,14,15). The Bertz CT molecular complexity index is 350. The fourth-order valence-electron chi connectivity index (χ4n) is 1.08. The number of carbonyl (C=O) groups is 2. The van der Waals surface area contributed by atoms with Crippen molar-refractivity contribution < 1.29 is 19.4 Å². The molecule has 1 rings (SSSR count). The molecule has 0 saturated carbocycles. The molecule has 5 nitrogen and oxygen atoms in total. The fourth-order valence-corrected chi connectivity index (χ4v) is 1.08. The van der Waals surface area contributed by atoms with Crippen molar-refractivity contribution in [1.29, 1.82) is 0 Å². The van der Waals surface area contributed by atoms with E-state index in [0.717, 1.165) is 5.56 Å². The van der Waals surface area contributed by atoms with E-state index in [2.05, 4.69) is 10.1 Å². The van der Waals surface area contributed by atoms with Crippen LogP contribution in [0.1, 0.15) is 5.56 Å². The average molecular weight is 223 g/mol. The summed E-state index contributed by atoms with van der Waals surface area (Å²) in [5.74, 6) is -1.42. The minimum Gasteiger partial charge on any atom is -0.480 e. The molecule has 1 aromatic rings. The minimum absolute atomic E-state index is 0.237. The van der Waals surface area contributed by atoms with Crippen LogP contribution in [0.25, 0.3) is 0 Å². The van der Waals surface area contributed by atoms with Gasteiger partial charge in [0.05, 0.1) is 0 Å². The summed E-state index contributed by atoms with van der Waals surface area (Å²) in [5, 5.41) is 10.9. The van der Waals surface area contributed by atoms with Crippen molar-refractivity contribution in [2.75, 3.05) is 13.2 Å². The van der Waals surface area contributed by atoms with Gasteiger partial charge in [0.25, 0.3) is 0 Å². The smallest absolute Gasteiger partial charge is 0.329 e. The van der Waals surface area contributed by atoms with Crippen molar-refractivity contribution in [3.8, 4) is 0 Å². The summed E-state index contributed by atoms with van der Waals surface area (Å²) in [6.07, 6.45) is 0. The number of carboxylic acid groups (broad SMARTS) is 1. The monoisotopic (exact) mass is 223 g/mol. The fraction of sp³-hybridized carbons (Fsp3) is 0.273. The molecule has 0 bridgehead atoms. The highest BCUT2D eigenvalue weighted by atomic mass is 16.5. The molecule has 0 atom stereocenters. The van der Waals surface area contributed by atoms with E-state index in [-0.39, 0.29) is 12.5 Å². The predicted octanol–water partition coefficient (Wildman–Crippen LogP) is 0.404. The first kappa shape index (κ1) is 12.2. The van der Waals surface area contributed by atoms with Crippen molar-refractivity contribution in [2.24, 2.45) is 0 Å². The molecular formula is C11H13NO4. The lowest BCUT2D eigenvalue weighted by Gasteiger charge is -2.04. The largest absolute Gasteiger partial charge is 0.480 e. The van der Waals surface area contributed by atoms with Gasteiger partial charge in [0, 0.05) is 6.54 Å². The normalized spacial score (nSPS) is 9.75. The topological polar surface area (TPSA) is 75.6 Å². The molecule has 86 valence electrons. The number of nitrogens with one attached hydrogen (secondary N) is 1. The number of aliphatic carboxylic acids is 1. The Morgan fingerprint density at radius 3 is 2.50 bits per heavy atom. The van der Waals surface area contributed by atoms with Crippen molar-refractivity contribution >= 4 is 11.9 Å². The van der Waals surface area contributed by atoms with Crippen LogP contribution in [0.3, 0.4) is 0 Å². The molecule has 2 N–H and O–H groups in total. The second-order valence-corrected chi connectivity index (χ2v) is 3.15. The number of hydrogen-bond donors (Lipinski definition) is 2. The quantitative estimate of drug-likeness (QED) is 0.732. The summed E-state index contributed by atoms with van der Waals surface area (Å²) < 4.78 is 4.63. The first-order chi connectivity index (χ1) is 7.68. The van der Waals surface area contributed by atoms with E-state index in [4.69, 9.17) is 5.11 Å². The molecule has 0 unspecified atom stereocenters. The summed E-state index contributed by atoms with van der Waals surface area (Å²) in [4.78, 5) is 21.3. The third-order valence-corrected chi connectivity index (χ3v) is 1.79. The van der Waals surface area contributed by atoms with E-state index in [0.29, 0.717) is 6.54 Å². The third-order valence-electron chi connectivity index (χ3n) is 1.79. The molecule has 0 heterocycles. The molecule has 0 aliphatic heterocycles. The van der Waals surface area contributed by atoms with Gasteiger partial charge >= 0.3 is 5.97 Å². The number of carboxylic acids is 1. The highest BCUT2D eigenvalue weighted by Gasteiger charge is 2.03. The lowest BCUT2D eigenvalue weighted by atomic mass is 10.2. The summed E-state index contributed by atoms with van der Waals surface area (Å²) >= 11 is 0. The molecule has 0 radical (unpaired) electrons. The zero-order chi connectivity index (χ0) is 11.8. The van der Waals surface area contributed by atoms with Crippen molar-refractivity contribution in [3.63, 3.8) is 0 Å². The van der Waals surface area contributed by atoms with Crippen molar-refractivity contribution in [1.82, 2.24) is 5.32 Å². The van der Waals surface area contributed by atoms with E-state index in [1.807, 2.05) is 30.3 Å². The Morgan fingerprint density at radius 2 is 1.88 bits per heavy atom. The van der Waals surface area contributed by atoms with Gasteiger partial charge < -0.3 is 15.2 Å². The van der Waals surface area contributed by atoms with Gasteiger partial charge in [-0.1, -0.05) is 30.3 Å². The number of carbonyl (C=O) groups excluding carboxylic acids is 1. The van der Waals surface area contributed by atoms with Crippen LogP contribution in [0.15, 0.2) is 30.3 Å². The Morgan fingerprint density at radius 1 is 1.19 bits per heavy atom. The molecule has 0 saturated heterocycles. The van der Waals surface area contributed by atoms with Crippen LogP contribution in [-0.2, 0) is 20.9 Å². The van der Waals surface area contributed by atoms with Crippen LogP contribution in [0.2, 0.25) is 0 Å². The van der Waals surface area contributed by atoms with Crippen LogP contribution in [0.5, 0.6) is 0 Å².